The SMILES string of the molecule is CCOc1c(I)cccc1CC(=O)CBr. The Morgan fingerprint density at radius 3 is 2.87 bits per heavy atom. The van der Waals surface area contributed by atoms with Gasteiger partial charge in [0.2, 0.25) is 0 Å². The predicted molar refractivity (Wildman–Crippen MR) is 72.8 cm³/mol. The minimum absolute atomic E-state index is 0.165. The maximum absolute atomic E-state index is 11.3. The third-order valence-corrected chi connectivity index (χ3v) is 3.35. The number of alkyl halides is 1. The molecular formula is C11H12BrIO2. The Morgan fingerprint density at radius 2 is 2.27 bits per heavy atom. The molecule has 0 atom stereocenters. The van der Waals surface area contributed by atoms with E-state index in [0.717, 1.165) is 14.9 Å². The maximum Gasteiger partial charge on any atom is 0.147 e. The van der Waals surface area contributed by atoms with Crippen molar-refractivity contribution >= 4 is 44.3 Å². The first-order valence-electron chi connectivity index (χ1n) is 4.66. The Morgan fingerprint density at radius 1 is 1.53 bits per heavy atom. The van der Waals surface area contributed by atoms with E-state index in [0.29, 0.717) is 18.4 Å². The first kappa shape index (κ1) is 13.0. The number of carbonyl (C=O) groups is 1. The summed E-state index contributed by atoms with van der Waals surface area (Å²) in [5.74, 6) is 1.01. The minimum atomic E-state index is 0.165. The number of para-hydroxylation sites is 1. The summed E-state index contributed by atoms with van der Waals surface area (Å²) in [5.41, 5.74) is 0.966. The van der Waals surface area contributed by atoms with Gasteiger partial charge in [0.05, 0.1) is 15.5 Å². The van der Waals surface area contributed by atoms with Crippen LogP contribution < -0.4 is 4.74 Å². The van der Waals surface area contributed by atoms with Crippen LogP contribution in [0.5, 0.6) is 5.75 Å². The van der Waals surface area contributed by atoms with Crippen molar-refractivity contribution in [1.29, 1.82) is 0 Å². The van der Waals surface area contributed by atoms with Gasteiger partial charge in [0.1, 0.15) is 11.5 Å². The van der Waals surface area contributed by atoms with Crippen molar-refractivity contribution in [2.45, 2.75) is 13.3 Å². The van der Waals surface area contributed by atoms with Crippen molar-refractivity contribution in [3.05, 3.63) is 27.3 Å². The predicted octanol–water partition coefficient (Wildman–Crippen LogP) is 3.20. The zero-order valence-corrected chi connectivity index (χ0v) is 12.2. The Balaban J connectivity index is 2.94. The summed E-state index contributed by atoms with van der Waals surface area (Å²) < 4.78 is 6.59. The number of halogens is 2. The molecule has 1 rings (SSSR count). The van der Waals surface area contributed by atoms with Gasteiger partial charge in [-0.15, -0.1) is 0 Å². The first-order valence-corrected chi connectivity index (χ1v) is 6.87. The highest BCUT2D eigenvalue weighted by molar-refractivity contribution is 14.1. The van der Waals surface area contributed by atoms with Gasteiger partial charge >= 0.3 is 0 Å². The van der Waals surface area contributed by atoms with Crippen molar-refractivity contribution < 1.29 is 9.53 Å². The second-order valence-corrected chi connectivity index (χ2v) is 4.73. The van der Waals surface area contributed by atoms with Crippen LogP contribution in [-0.4, -0.2) is 17.7 Å². The smallest absolute Gasteiger partial charge is 0.147 e. The molecule has 0 aliphatic heterocycles. The van der Waals surface area contributed by atoms with Gasteiger partial charge in [-0.1, -0.05) is 28.1 Å². The van der Waals surface area contributed by atoms with Crippen LogP contribution in [0.15, 0.2) is 18.2 Å². The summed E-state index contributed by atoms with van der Waals surface area (Å²) in [6.07, 6.45) is 0.428. The fraction of sp³-hybridized carbons (Fsp3) is 0.364. The van der Waals surface area contributed by atoms with E-state index in [2.05, 4.69) is 38.5 Å². The zero-order valence-electron chi connectivity index (χ0n) is 8.43. The first-order chi connectivity index (χ1) is 7.19. The molecule has 0 spiro atoms. The second kappa shape index (κ2) is 6.48. The molecule has 0 saturated heterocycles. The van der Waals surface area contributed by atoms with Gasteiger partial charge in [-0.05, 0) is 35.6 Å². The molecule has 4 heteroatoms. The van der Waals surface area contributed by atoms with Gasteiger partial charge in [0, 0.05) is 12.0 Å². The highest BCUT2D eigenvalue weighted by Crippen LogP contribution is 2.26. The zero-order chi connectivity index (χ0) is 11.3. The highest BCUT2D eigenvalue weighted by Gasteiger charge is 2.10. The second-order valence-electron chi connectivity index (χ2n) is 3.01. The van der Waals surface area contributed by atoms with E-state index in [1.54, 1.807) is 0 Å². The quantitative estimate of drug-likeness (QED) is 0.577. The Labute approximate surface area is 112 Å². The number of rotatable bonds is 5. The van der Waals surface area contributed by atoms with Crippen LogP contribution >= 0.6 is 38.5 Å². The van der Waals surface area contributed by atoms with Gasteiger partial charge in [-0.3, -0.25) is 4.79 Å². The summed E-state index contributed by atoms with van der Waals surface area (Å²) in [5, 5.41) is 0.393. The van der Waals surface area contributed by atoms with E-state index in [4.69, 9.17) is 4.74 Å². The van der Waals surface area contributed by atoms with Gasteiger partial charge in [-0.2, -0.15) is 0 Å². The average Bonchev–Trinajstić information content (AvgIpc) is 2.23. The van der Waals surface area contributed by atoms with Crippen LogP contribution in [0.25, 0.3) is 0 Å². The average molecular weight is 383 g/mol. The lowest BCUT2D eigenvalue weighted by Crippen LogP contribution is -2.06. The molecule has 0 fully saturated rings. The molecule has 0 aromatic heterocycles. The topological polar surface area (TPSA) is 26.3 Å². The highest BCUT2D eigenvalue weighted by atomic mass is 127. The molecule has 1 aromatic rings. The van der Waals surface area contributed by atoms with Gasteiger partial charge < -0.3 is 4.74 Å². The molecule has 0 radical (unpaired) electrons. The number of ether oxygens (including phenoxy) is 1. The van der Waals surface area contributed by atoms with Crippen molar-refractivity contribution in [3.63, 3.8) is 0 Å². The molecule has 15 heavy (non-hydrogen) atoms. The summed E-state index contributed by atoms with van der Waals surface area (Å²) in [6.45, 7) is 2.56. The van der Waals surface area contributed by atoms with Gasteiger partial charge in [0.15, 0.2) is 0 Å². The van der Waals surface area contributed by atoms with Crippen LogP contribution in [0.1, 0.15) is 12.5 Å². The number of hydrogen-bond acceptors (Lipinski definition) is 2. The number of benzene rings is 1. The Hall–Kier alpha value is -0.100. The van der Waals surface area contributed by atoms with E-state index >= 15 is 0 Å². The lowest BCUT2D eigenvalue weighted by Gasteiger charge is -2.10. The molecule has 0 unspecified atom stereocenters. The Kier molecular flexibility index (Phi) is 5.60. The van der Waals surface area contributed by atoms with E-state index in [1.165, 1.54) is 0 Å². The van der Waals surface area contributed by atoms with Crippen molar-refractivity contribution in [2.24, 2.45) is 0 Å². The third kappa shape index (κ3) is 3.75. The molecule has 82 valence electrons. The number of carbonyl (C=O) groups excluding carboxylic acids is 1. The summed E-state index contributed by atoms with van der Waals surface area (Å²) in [6, 6.07) is 5.86. The lowest BCUT2D eigenvalue weighted by molar-refractivity contribution is -0.115. The van der Waals surface area contributed by atoms with Crippen molar-refractivity contribution in [3.8, 4) is 5.75 Å². The normalized spacial score (nSPS) is 10.1. The monoisotopic (exact) mass is 382 g/mol. The molecule has 1 aromatic carbocycles. The van der Waals surface area contributed by atoms with Crippen LogP contribution in [-0.2, 0) is 11.2 Å². The molecule has 0 aliphatic carbocycles. The molecule has 2 nitrogen and oxygen atoms in total. The molecule has 0 saturated carbocycles. The number of hydrogen-bond donors (Lipinski definition) is 0. The lowest BCUT2D eigenvalue weighted by atomic mass is 10.1. The van der Waals surface area contributed by atoms with Crippen LogP contribution in [0.3, 0.4) is 0 Å². The van der Waals surface area contributed by atoms with Gasteiger partial charge in [0.25, 0.3) is 0 Å². The standard InChI is InChI=1S/C11H12BrIO2/c1-2-15-11-8(6-9(14)7-12)4-3-5-10(11)13/h3-5H,2,6-7H2,1H3. The fourth-order valence-electron chi connectivity index (χ4n) is 1.26. The molecular weight excluding hydrogens is 371 g/mol. The van der Waals surface area contributed by atoms with Crippen LogP contribution in [0, 0.1) is 3.57 Å². The van der Waals surface area contributed by atoms with E-state index in [-0.39, 0.29) is 5.78 Å². The molecule has 0 bridgehead atoms. The molecule has 0 aliphatic rings. The molecule has 0 amide bonds. The van der Waals surface area contributed by atoms with Crippen molar-refractivity contribution in [1.82, 2.24) is 0 Å². The summed E-state index contributed by atoms with van der Waals surface area (Å²) >= 11 is 5.38. The fourth-order valence-corrected chi connectivity index (χ4v) is 2.17. The summed E-state index contributed by atoms with van der Waals surface area (Å²) in [7, 11) is 0. The molecule has 0 N–H and O–H groups in total. The van der Waals surface area contributed by atoms with Gasteiger partial charge in [-0.25, -0.2) is 0 Å². The van der Waals surface area contributed by atoms with Crippen molar-refractivity contribution in [2.75, 3.05) is 11.9 Å². The van der Waals surface area contributed by atoms with Crippen LogP contribution in [0.2, 0.25) is 0 Å². The van der Waals surface area contributed by atoms with E-state index in [1.807, 2.05) is 25.1 Å². The Bertz CT molecular complexity index is 352. The van der Waals surface area contributed by atoms with Crippen LogP contribution in [0.4, 0.5) is 0 Å². The largest absolute Gasteiger partial charge is 0.492 e. The summed E-state index contributed by atoms with van der Waals surface area (Å²) in [4.78, 5) is 11.3. The van der Waals surface area contributed by atoms with E-state index in [9.17, 15) is 4.79 Å². The maximum atomic E-state index is 11.3. The minimum Gasteiger partial charge on any atom is -0.492 e. The molecule has 0 heterocycles. The number of Topliss-reactive ketones (excluding diaryl/α,β-unsaturated/α-hetero) is 1. The number of ketones is 1. The van der Waals surface area contributed by atoms with E-state index < -0.39 is 0 Å². The third-order valence-electron chi connectivity index (χ3n) is 1.87.